The van der Waals surface area contributed by atoms with Crippen LogP contribution in [-0.2, 0) is 25.7 Å². The molecule has 3 N–H and O–H groups in total. The van der Waals surface area contributed by atoms with Gasteiger partial charge in [-0.25, -0.2) is 0 Å². The highest BCUT2D eigenvalue weighted by Gasteiger charge is 2.44. The largest absolute Gasteiger partial charge is 0.497 e. The van der Waals surface area contributed by atoms with E-state index in [-0.39, 0.29) is 35.8 Å². The van der Waals surface area contributed by atoms with E-state index in [9.17, 15) is 9.59 Å². The molecule has 10 heteroatoms. The van der Waals surface area contributed by atoms with Crippen molar-refractivity contribution < 1.29 is 28.5 Å². The summed E-state index contributed by atoms with van der Waals surface area (Å²) in [5.74, 6) is 1.53. The lowest BCUT2D eigenvalue weighted by Gasteiger charge is -2.47. The van der Waals surface area contributed by atoms with Crippen molar-refractivity contribution >= 4 is 17.5 Å². The molecular formula is C37H56N4O6. The van der Waals surface area contributed by atoms with Gasteiger partial charge in [0.05, 0.1) is 38.1 Å². The first-order valence-electron chi connectivity index (χ1n) is 17.1. The number of likely N-dealkylation sites (tertiary alicyclic amines) is 1. The maximum absolute atomic E-state index is 14.1. The second-order valence-corrected chi connectivity index (χ2v) is 13.7. The van der Waals surface area contributed by atoms with Gasteiger partial charge in [0.1, 0.15) is 18.1 Å². The lowest BCUT2D eigenvalue weighted by atomic mass is 9.76. The molecule has 2 aromatic rings. The molecule has 0 bridgehead atoms. The van der Waals surface area contributed by atoms with E-state index >= 15 is 0 Å². The Morgan fingerprint density at radius 2 is 1.89 bits per heavy atom. The molecule has 2 aliphatic rings. The molecule has 2 aliphatic heterocycles. The molecule has 10 nitrogen and oxygen atoms in total. The number of carbonyl (C=O) groups excluding carboxylic acids is 2. The van der Waals surface area contributed by atoms with Gasteiger partial charge in [-0.15, -0.1) is 0 Å². The van der Waals surface area contributed by atoms with Gasteiger partial charge in [0.15, 0.2) is 0 Å². The molecule has 2 heterocycles. The molecule has 260 valence electrons. The van der Waals surface area contributed by atoms with E-state index in [4.69, 9.17) is 24.7 Å². The maximum Gasteiger partial charge on any atom is 0.240 e. The molecule has 5 atom stereocenters. The second-order valence-electron chi connectivity index (χ2n) is 13.7. The SMILES string of the molecule is CC[C@H](C)[C@H](N)C(=O)N1C[C@H](OCc2ccc3c(c2)N(CCCOC)CCO3)[C@@H](c2ccc(OC)cc2)C[C@@H]1CC(C)(C)C(=O)NC. The molecule has 0 spiro atoms. The standard InChI is InChI=1S/C37H56N4O6/c1-8-25(2)34(38)35(42)41-23-33(47-24-26-10-15-32-31(20-26)40(17-19-46-32)16-9-18-44-6)30(27-11-13-29(45-7)14-12-27)21-28(41)22-37(3,4)36(43)39-5/h10-15,20,25,28,30,33-34H,8-9,16-19,21-24,38H2,1-7H3,(H,39,43)/t25-,28+,30+,33-,34-/m0/s1. The number of piperidine rings is 1. The normalized spacial score (nSPS) is 21.0. The molecule has 0 saturated carbocycles. The Balaban J connectivity index is 1.64. The van der Waals surface area contributed by atoms with E-state index in [1.54, 1.807) is 21.3 Å². The Hall–Kier alpha value is -3.34. The van der Waals surface area contributed by atoms with E-state index in [0.29, 0.717) is 39.2 Å². The third kappa shape index (κ3) is 8.97. The zero-order valence-electron chi connectivity index (χ0n) is 29.4. The number of fused-ring (bicyclic) bond motifs is 1. The van der Waals surface area contributed by atoms with Gasteiger partial charge in [-0.05, 0) is 60.6 Å². The molecule has 0 radical (unpaired) electrons. The molecule has 4 rings (SSSR count). The first kappa shape index (κ1) is 36.5. The van der Waals surface area contributed by atoms with Gasteiger partial charge in [0.25, 0.3) is 0 Å². The second kappa shape index (κ2) is 16.7. The number of anilines is 1. The Bertz CT molecular complexity index is 1320. The number of hydrogen-bond donors (Lipinski definition) is 2. The monoisotopic (exact) mass is 652 g/mol. The van der Waals surface area contributed by atoms with Crippen LogP contribution in [0.25, 0.3) is 0 Å². The van der Waals surface area contributed by atoms with Crippen LogP contribution in [0.4, 0.5) is 5.69 Å². The Kier molecular flexibility index (Phi) is 12.9. The number of ether oxygens (including phenoxy) is 4. The summed E-state index contributed by atoms with van der Waals surface area (Å²) in [7, 11) is 5.04. The minimum atomic E-state index is -0.684. The quantitative estimate of drug-likeness (QED) is 0.266. The number of methoxy groups -OCH3 is 2. The van der Waals surface area contributed by atoms with Gasteiger partial charge >= 0.3 is 0 Å². The third-order valence-electron chi connectivity index (χ3n) is 9.97. The molecule has 0 unspecified atom stereocenters. The van der Waals surface area contributed by atoms with Crippen molar-refractivity contribution in [1.82, 2.24) is 10.2 Å². The van der Waals surface area contributed by atoms with Crippen molar-refractivity contribution in [3.05, 3.63) is 53.6 Å². The Labute approximate surface area is 281 Å². The number of nitrogens with zero attached hydrogens (tertiary/aromatic N) is 2. The topological polar surface area (TPSA) is 116 Å². The van der Waals surface area contributed by atoms with Crippen molar-refractivity contribution in [3.63, 3.8) is 0 Å². The maximum atomic E-state index is 14.1. The number of amides is 2. The fourth-order valence-corrected chi connectivity index (χ4v) is 6.83. The summed E-state index contributed by atoms with van der Waals surface area (Å²) in [5, 5.41) is 2.81. The number of carbonyl (C=O) groups is 2. The van der Waals surface area contributed by atoms with Crippen LogP contribution in [0.5, 0.6) is 11.5 Å². The van der Waals surface area contributed by atoms with Crippen molar-refractivity contribution in [2.24, 2.45) is 17.1 Å². The minimum absolute atomic E-state index is 0.0123. The summed E-state index contributed by atoms with van der Waals surface area (Å²) < 4.78 is 23.5. The van der Waals surface area contributed by atoms with Crippen LogP contribution in [0.15, 0.2) is 42.5 Å². The molecule has 47 heavy (non-hydrogen) atoms. The number of rotatable bonds is 15. The summed E-state index contributed by atoms with van der Waals surface area (Å²) >= 11 is 0. The summed E-state index contributed by atoms with van der Waals surface area (Å²) in [4.78, 5) is 31.3. The van der Waals surface area contributed by atoms with Gasteiger partial charge in [-0.2, -0.15) is 0 Å². The van der Waals surface area contributed by atoms with Gasteiger partial charge in [0.2, 0.25) is 11.8 Å². The third-order valence-corrected chi connectivity index (χ3v) is 9.97. The van der Waals surface area contributed by atoms with Gasteiger partial charge in [-0.3, -0.25) is 9.59 Å². The number of hydrogen-bond acceptors (Lipinski definition) is 8. The molecule has 2 aromatic carbocycles. The minimum Gasteiger partial charge on any atom is -0.497 e. The lowest BCUT2D eigenvalue weighted by Crippen LogP contribution is -2.58. The zero-order valence-corrected chi connectivity index (χ0v) is 29.4. The highest BCUT2D eigenvalue weighted by atomic mass is 16.5. The molecule has 2 amide bonds. The predicted molar refractivity (Wildman–Crippen MR) is 185 cm³/mol. The average molecular weight is 653 g/mol. The number of nitrogens with two attached hydrogens (primary N) is 1. The van der Waals surface area contributed by atoms with Crippen molar-refractivity contribution in [3.8, 4) is 11.5 Å². The van der Waals surface area contributed by atoms with E-state index < -0.39 is 11.5 Å². The van der Waals surface area contributed by atoms with Crippen LogP contribution in [0, 0.1) is 11.3 Å². The average Bonchev–Trinajstić information content (AvgIpc) is 3.09. The van der Waals surface area contributed by atoms with Gasteiger partial charge in [-0.1, -0.05) is 52.3 Å². The van der Waals surface area contributed by atoms with Crippen LogP contribution in [0.1, 0.15) is 70.4 Å². The number of benzene rings is 2. The van der Waals surface area contributed by atoms with E-state index in [1.807, 2.05) is 50.8 Å². The predicted octanol–water partition coefficient (Wildman–Crippen LogP) is 4.74. The fraction of sp³-hybridized carbons (Fsp3) is 0.622. The van der Waals surface area contributed by atoms with E-state index in [2.05, 4.69) is 34.5 Å². The van der Waals surface area contributed by atoms with Gasteiger partial charge in [0, 0.05) is 51.2 Å². The zero-order chi connectivity index (χ0) is 34.1. The number of nitrogens with one attached hydrogen (secondary N) is 1. The molecule has 1 saturated heterocycles. The molecular weight excluding hydrogens is 596 g/mol. The fourth-order valence-electron chi connectivity index (χ4n) is 6.83. The molecule has 0 aromatic heterocycles. The summed E-state index contributed by atoms with van der Waals surface area (Å²) in [6, 6.07) is 13.5. The van der Waals surface area contributed by atoms with Crippen LogP contribution in [-0.4, -0.2) is 89.0 Å². The van der Waals surface area contributed by atoms with Crippen LogP contribution in [0.3, 0.4) is 0 Å². The highest BCUT2D eigenvalue weighted by molar-refractivity contribution is 5.83. The summed E-state index contributed by atoms with van der Waals surface area (Å²) in [6.45, 7) is 11.8. The van der Waals surface area contributed by atoms with Crippen molar-refractivity contribution in [2.75, 3.05) is 59.0 Å². The first-order valence-corrected chi connectivity index (χ1v) is 17.1. The van der Waals surface area contributed by atoms with E-state index in [0.717, 1.165) is 54.2 Å². The van der Waals surface area contributed by atoms with Crippen LogP contribution < -0.4 is 25.4 Å². The molecule has 1 fully saturated rings. The molecule has 0 aliphatic carbocycles. The van der Waals surface area contributed by atoms with Crippen molar-refractivity contribution in [2.45, 2.75) is 84.1 Å². The smallest absolute Gasteiger partial charge is 0.240 e. The van der Waals surface area contributed by atoms with Crippen LogP contribution >= 0.6 is 0 Å². The van der Waals surface area contributed by atoms with E-state index in [1.165, 1.54) is 0 Å². The highest BCUT2D eigenvalue weighted by Crippen LogP contribution is 2.40. The summed E-state index contributed by atoms with van der Waals surface area (Å²) in [6.07, 6.45) is 2.59. The summed E-state index contributed by atoms with van der Waals surface area (Å²) in [5.41, 5.74) is 9.11. The Morgan fingerprint density at radius 1 is 1.15 bits per heavy atom. The Morgan fingerprint density at radius 3 is 2.55 bits per heavy atom. The van der Waals surface area contributed by atoms with Crippen LogP contribution in [0.2, 0.25) is 0 Å². The first-order chi connectivity index (χ1) is 22.5. The van der Waals surface area contributed by atoms with Crippen molar-refractivity contribution in [1.29, 1.82) is 0 Å². The lowest BCUT2D eigenvalue weighted by molar-refractivity contribution is -0.146. The van der Waals surface area contributed by atoms with Gasteiger partial charge < -0.3 is 39.8 Å².